The van der Waals surface area contributed by atoms with E-state index < -0.39 is 0 Å². The average molecular weight is 159 g/mol. The van der Waals surface area contributed by atoms with Gasteiger partial charge in [-0.1, -0.05) is 5.11 Å². The molecule has 0 amide bonds. The van der Waals surface area contributed by atoms with Crippen molar-refractivity contribution in [1.82, 2.24) is 0 Å². The van der Waals surface area contributed by atoms with Crippen LogP contribution < -0.4 is 0 Å². The van der Waals surface area contributed by atoms with Gasteiger partial charge >= 0.3 is 0 Å². The Balaban J connectivity index is 2.83. The van der Waals surface area contributed by atoms with Crippen LogP contribution in [0.2, 0.25) is 6.04 Å². The monoisotopic (exact) mass is 159 g/mol. The normalized spacial score (nSPS) is 10.1. The predicted octanol–water partition coefficient (Wildman–Crippen LogP) is 1.23. The number of hydrogen-bond donors (Lipinski definition) is 0. The molecule has 58 valence electrons. The van der Waals surface area contributed by atoms with Gasteiger partial charge in [0, 0.05) is 18.1 Å². The van der Waals surface area contributed by atoms with Crippen molar-refractivity contribution in [3.63, 3.8) is 0 Å². The standard InChI is InChI=1S/C5H13N3OSi/c1-2-9-10-5-3-4-7-8-6/h2-5,10H2,1H3. The van der Waals surface area contributed by atoms with Crippen molar-refractivity contribution in [2.24, 2.45) is 5.11 Å². The summed E-state index contributed by atoms with van der Waals surface area (Å²) in [5.41, 5.74) is 7.91. The maximum absolute atomic E-state index is 7.91. The predicted molar refractivity (Wildman–Crippen MR) is 43.6 cm³/mol. The minimum absolute atomic E-state index is 0.300. The lowest BCUT2D eigenvalue weighted by Crippen LogP contribution is -1.97. The van der Waals surface area contributed by atoms with Gasteiger partial charge in [-0.15, -0.1) is 0 Å². The topological polar surface area (TPSA) is 58.0 Å². The molecule has 10 heavy (non-hydrogen) atoms. The maximum Gasteiger partial charge on any atom is 0.161 e. The van der Waals surface area contributed by atoms with E-state index in [9.17, 15) is 0 Å². The Bertz CT molecular complexity index is 113. The lowest BCUT2D eigenvalue weighted by atomic mass is 10.5. The highest BCUT2D eigenvalue weighted by atomic mass is 28.2. The van der Waals surface area contributed by atoms with E-state index in [-0.39, 0.29) is 9.76 Å². The molecule has 0 aliphatic heterocycles. The minimum Gasteiger partial charge on any atom is -0.424 e. The van der Waals surface area contributed by atoms with Gasteiger partial charge in [0.15, 0.2) is 9.76 Å². The van der Waals surface area contributed by atoms with E-state index in [2.05, 4.69) is 10.0 Å². The van der Waals surface area contributed by atoms with Crippen LogP contribution in [0, 0.1) is 0 Å². The van der Waals surface area contributed by atoms with Crippen LogP contribution in [-0.2, 0) is 4.43 Å². The molecule has 0 saturated heterocycles. The summed E-state index contributed by atoms with van der Waals surface area (Å²) in [7, 11) is -0.300. The van der Waals surface area contributed by atoms with Crippen LogP contribution in [0.1, 0.15) is 13.3 Å². The summed E-state index contributed by atoms with van der Waals surface area (Å²) in [5.74, 6) is 0. The second kappa shape index (κ2) is 8.49. The smallest absolute Gasteiger partial charge is 0.161 e. The van der Waals surface area contributed by atoms with Crippen molar-refractivity contribution in [2.45, 2.75) is 19.4 Å². The molecular formula is C5H13N3OSi. The Morgan fingerprint density at radius 1 is 1.70 bits per heavy atom. The molecule has 5 heteroatoms. The van der Waals surface area contributed by atoms with Crippen molar-refractivity contribution in [3.05, 3.63) is 10.4 Å². The average Bonchev–Trinajstić information content (AvgIpc) is 1.97. The Kier molecular flexibility index (Phi) is 8.05. The Hall–Kier alpha value is -0.513. The molecule has 0 fully saturated rings. The third-order valence-electron chi connectivity index (χ3n) is 1.06. The Morgan fingerprint density at radius 3 is 3.10 bits per heavy atom. The van der Waals surface area contributed by atoms with Crippen LogP contribution in [0.25, 0.3) is 10.4 Å². The number of rotatable bonds is 6. The third-order valence-corrected chi connectivity index (χ3v) is 2.55. The second-order valence-corrected chi connectivity index (χ2v) is 3.38. The second-order valence-electron chi connectivity index (χ2n) is 1.86. The molecule has 0 radical (unpaired) electrons. The molecule has 0 aromatic carbocycles. The summed E-state index contributed by atoms with van der Waals surface area (Å²) in [4.78, 5) is 2.65. The molecule has 0 aromatic rings. The molecule has 0 spiro atoms. The van der Waals surface area contributed by atoms with Crippen LogP contribution in [0.5, 0.6) is 0 Å². The fraction of sp³-hybridized carbons (Fsp3) is 1.00. The van der Waals surface area contributed by atoms with Crippen LogP contribution >= 0.6 is 0 Å². The van der Waals surface area contributed by atoms with Crippen LogP contribution in [-0.4, -0.2) is 22.9 Å². The number of azide groups is 1. The highest BCUT2D eigenvalue weighted by Gasteiger charge is 1.86. The van der Waals surface area contributed by atoms with E-state index >= 15 is 0 Å². The zero-order chi connectivity index (χ0) is 7.66. The van der Waals surface area contributed by atoms with E-state index in [0.717, 1.165) is 19.1 Å². The summed E-state index contributed by atoms with van der Waals surface area (Å²) >= 11 is 0. The fourth-order valence-electron chi connectivity index (χ4n) is 0.576. The SMILES string of the molecule is CCO[SiH2]CCCN=[N+]=[N-]. The first-order valence-electron chi connectivity index (χ1n) is 3.50. The summed E-state index contributed by atoms with van der Waals surface area (Å²) in [6.45, 7) is 3.45. The summed E-state index contributed by atoms with van der Waals surface area (Å²) in [5, 5.41) is 3.42. The molecular weight excluding hydrogens is 146 g/mol. The Morgan fingerprint density at radius 2 is 2.50 bits per heavy atom. The highest BCUT2D eigenvalue weighted by molar-refractivity contribution is 6.26. The molecule has 0 bridgehead atoms. The van der Waals surface area contributed by atoms with Gasteiger partial charge in [-0.25, -0.2) is 0 Å². The Labute approximate surface area is 63.1 Å². The van der Waals surface area contributed by atoms with Crippen LogP contribution in [0.15, 0.2) is 5.11 Å². The third kappa shape index (κ3) is 7.49. The number of hydrogen-bond acceptors (Lipinski definition) is 2. The van der Waals surface area contributed by atoms with Gasteiger partial charge in [-0.2, -0.15) is 0 Å². The zero-order valence-corrected chi connectivity index (χ0v) is 7.70. The molecule has 0 heterocycles. The lowest BCUT2D eigenvalue weighted by molar-refractivity contribution is 0.359. The van der Waals surface area contributed by atoms with E-state index in [4.69, 9.17) is 9.96 Å². The van der Waals surface area contributed by atoms with Gasteiger partial charge in [0.2, 0.25) is 0 Å². The summed E-state index contributed by atoms with van der Waals surface area (Å²) in [6.07, 6.45) is 0.982. The maximum atomic E-state index is 7.91. The molecule has 0 unspecified atom stereocenters. The van der Waals surface area contributed by atoms with Crippen LogP contribution in [0.3, 0.4) is 0 Å². The fourth-order valence-corrected chi connectivity index (χ4v) is 1.50. The van der Waals surface area contributed by atoms with Crippen molar-refractivity contribution >= 4 is 9.76 Å². The number of nitrogens with zero attached hydrogens (tertiary/aromatic N) is 3. The molecule has 4 nitrogen and oxygen atoms in total. The molecule has 0 aliphatic rings. The largest absolute Gasteiger partial charge is 0.424 e. The summed E-state index contributed by atoms with van der Waals surface area (Å²) < 4.78 is 5.22. The lowest BCUT2D eigenvalue weighted by Gasteiger charge is -1.96. The van der Waals surface area contributed by atoms with E-state index in [0.29, 0.717) is 6.54 Å². The first-order valence-corrected chi connectivity index (χ1v) is 5.08. The van der Waals surface area contributed by atoms with Gasteiger partial charge in [0.25, 0.3) is 0 Å². The minimum atomic E-state index is -0.300. The molecule has 0 N–H and O–H groups in total. The highest BCUT2D eigenvalue weighted by Crippen LogP contribution is 1.89. The summed E-state index contributed by atoms with van der Waals surface area (Å²) in [6, 6.07) is 1.12. The molecule has 0 aromatic heterocycles. The molecule has 0 saturated carbocycles. The zero-order valence-electron chi connectivity index (χ0n) is 6.29. The van der Waals surface area contributed by atoms with E-state index in [1.54, 1.807) is 0 Å². The molecule has 0 atom stereocenters. The van der Waals surface area contributed by atoms with Gasteiger partial charge in [-0.05, 0) is 24.9 Å². The van der Waals surface area contributed by atoms with Crippen LogP contribution in [0.4, 0.5) is 0 Å². The van der Waals surface area contributed by atoms with Crippen molar-refractivity contribution in [2.75, 3.05) is 13.2 Å². The molecule has 0 aliphatic carbocycles. The first kappa shape index (κ1) is 9.49. The van der Waals surface area contributed by atoms with Gasteiger partial charge in [0.1, 0.15) is 0 Å². The van der Waals surface area contributed by atoms with Crippen molar-refractivity contribution in [3.8, 4) is 0 Å². The molecule has 0 rings (SSSR count). The van der Waals surface area contributed by atoms with Gasteiger partial charge in [0.05, 0.1) is 0 Å². The van der Waals surface area contributed by atoms with Gasteiger partial charge in [-0.3, -0.25) is 0 Å². The van der Waals surface area contributed by atoms with Gasteiger partial charge < -0.3 is 4.43 Å². The van der Waals surface area contributed by atoms with E-state index in [1.807, 2.05) is 6.92 Å². The van der Waals surface area contributed by atoms with Crippen molar-refractivity contribution in [1.29, 1.82) is 0 Å². The van der Waals surface area contributed by atoms with E-state index in [1.165, 1.54) is 0 Å². The van der Waals surface area contributed by atoms with Crippen molar-refractivity contribution < 1.29 is 4.43 Å². The quantitative estimate of drug-likeness (QED) is 0.189. The first-order chi connectivity index (χ1) is 4.91.